The van der Waals surface area contributed by atoms with E-state index < -0.39 is 58.3 Å². The molecule has 3 aromatic carbocycles. The smallest absolute Gasteiger partial charge is 0.441 e. The van der Waals surface area contributed by atoms with E-state index >= 15 is 4.57 Å². The number of allylic oxidation sites excluding steroid dienone is 2. The first-order chi connectivity index (χ1) is 33.8. The Morgan fingerprint density at radius 3 is 1.86 bits per heavy atom. The molecule has 2 unspecified atom stereocenters. The van der Waals surface area contributed by atoms with Gasteiger partial charge >= 0.3 is 25.6 Å². The van der Waals surface area contributed by atoms with Crippen LogP contribution < -0.4 is 20.4 Å². The molecule has 3 aromatic rings. The number of fused-ring (bicyclic) bond motifs is 8. The summed E-state index contributed by atoms with van der Waals surface area (Å²) in [5, 5.41) is 1.83. The fourth-order valence-corrected chi connectivity index (χ4v) is 15.7. The number of esters is 1. The Morgan fingerprint density at radius 1 is 0.819 bits per heavy atom. The Morgan fingerprint density at radius 2 is 1.35 bits per heavy atom. The van der Waals surface area contributed by atoms with Gasteiger partial charge < -0.3 is 28.9 Å². The van der Waals surface area contributed by atoms with Crippen LogP contribution in [0.3, 0.4) is 0 Å². The molecule has 11 nitrogen and oxygen atoms in total. The highest BCUT2D eigenvalue weighted by Crippen LogP contribution is 2.64. The molecular weight excluding hydrogens is 1010 g/mol. The lowest BCUT2D eigenvalue weighted by Crippen LogP contribution is -2.51. The summed E-state index contributed by atoms with van der Waals surface area (Å²) in [5.41, 5.74) is 9.77. The van der Waals surface area contributed by atoms with Gasteiger partial charge in [0.25, 0.3) is 0 Å². The van der Waals surface area contributed by atoms with Crippen molar-refractivity contribution < 1.29 is 54.7 Å². The highest BCUT2D eigenvalue weighted by molar-refractivity contribution is 8.21. The van der Waals surface area contributed by atoms with Gasteiger partial charge in [-0.05, 0) is 151 Å². The average Bonchev–Trinajstić information content (AvgIpc) is 3.62. The molecule has 386 valence electrons. The van der Waals surface area contributed by atoms with E-state index in [1.165, 1.54) is 28.6 Å². The SMILES string of the molecule is CC1=CC(C)(C)N2CCCc3c2c1cc1c3C(C)(C)c2c(cc3c4c2CCCN4C(C)(C)C=C3C)C12OC(=O)c1c(Cl)cc(P(=O)(OCCCCCC(=O)P(F)P=O)OCCCCNC(=O)C(F)(F)F)cc12. The van der Waals surface area contributed by atoms with Gasteiger partial charge in [0.15, 0.2) is 11.1 Å². The number of amides is 1. The van der Waals surface area contributed by atoms with Crippen molar-refractivity contribution >= 4 is 80.5 Å². The second-order valence-corrected chi connectivity index (χ2v) is 26.7. The van der Waals surface area contributed by atoms with Gasteiger partial charge in [0, 0.05) is 70.7 Å². The molecule has 0 bridgehead atoms. The third-order valence-corrected chi connectivity index (χ3v) is 19.6. The monoisotopic (exact) mass is 1070 g/mol. The Balaban J connectivity index is 1.22. The first-order valence-electron chi connectivity index (χ1n) is 24.8. The van der Waals surface area contributed by atoms with Crippen LogP contribution in [0.4, 0.5) is 28.7 Å². The number of ether oxygens (including phenoxy) is 1. The average molecular weight is 1070 g/mol. The third kappa shape index (κ3) is 8.72. The highest BCUT2D eigenvalue weighted by Gasteiger charge is 2.60. The van der Waals surface area contributed by atoms with Gasteiger partial charge in [-0.15, -0.1) is 0 Å². The first-order valence-corrected chi connectivity index (χ1v) is 29.5. The van der Waals surface area contributed by atoms with E-state index in [1.54, 1.807) is 6.07 Å². The molecule has 0 fully saturated rings. The summed E-state index contributed by atoms with van der Waals surface area (Å²) in [5.74, 6) is -2.72. The minimum Gasteiger partial charge on any atom is -0.441 e. The second-order valence-electron chi connectivity index (χ2n) is 21.5. The van der Waals surface area contributed by atoms with Crippen LogP contribution in [0.15, 0.2) is 36.4 Å². The first kappa shape index (κ1) is 52.9. The van der Waals surface area contributed by atoms with Gasteiger partial charge in [0.2, 0.25) is 16.1 Å². The Labute approximate surface area is 426 Å². The molecule has 0 saturated heterocycles. The van der Waals surface area contributed by atoms with Crippen molar-refractivity contribution in [2.75, 3.05) is 42.6 Å². The molecule has 19 heteroatoms. The number of carbonyl (C=O) groups is 3. The van der Waals surface area contributed by atoms with E-state index in [-0.39, 0.29) is 78.8 Å². The van der Waals surface area contributed by atoms with Gasteiger partial charge in [-0.3, -0.25) is 18.7 Å². The number of carbonyl (C=O) groups excluding carboxylic acids is 3. The van der Waals surface area contributed by atoms with Crippen LogP contribution in [0.2, 0.25) is 5.02 Å². The minimum absolute atomic E-state index is 0.0292. The van der Waals surface area contributed by atoms with Crippen LogP contribution in [-0.4, -0.2) is 67.5 Å². The maximum Gasteiger partial charge on any atom is 0.471 e. The van der Waals surface area contributed by atoms with Crippen molar-refractivity contribution in [2.45, 2.75) is 148 Å². The van der Waals surface area contributed by atoms with E-state index in [2.05, 4.69) is 89.5 Å². The molecule has 1 N–H and O–H groups in total. The van der Waals surface area contributed by atoms with Crippen molar-refractivity contribution in [1.29, 1.82) is 0 Å². The minimum atomic E-state index is -5.05. The van der Waals surface area contributed by atoms with Crippen LogP contribution in [0.25, 0.3) is 11.1 Å². The van der Waals surface area contributed by atoms with Crippen molar-refractivity contribution in [3.8, 4) is 0 Å². The van der Waals surface area contributed by atoms with Crippen LogP contribution in [0.5, 0.6) is 0 Å². The number of nitrogens with one attached hydrogen (secondary N) is 1. The molecule has 0 radical (unpaired) electrons. The van der Waals surface area contributed by atoms with Gasteiger partial charge in [0.05, 0.1) is 40.2 Å². The molecule has 1 aliphatic carbocycles. The zero-order valence-corrected chi connectivity index (χ0v) is 45.4. The molecule has 0 aromatic heterocycles. The third-order valence-electron chi connectivity index (χ3n) is 15.5. The van der Waals surface area contributed by atoms with Gasteiger partial charge in [-0.2, -0.15) is 13.2 Å². The van der Waals surface area contributed by atoms with E-state index in [1.807, 2.05) is 5.32 Å². The van der Waals surface area contributed by atoms with E-state index in [4.69, 9.17) is 25.4 Å². The number of hydrogen-bond donors (Lipinski definition) is 1. The summed E-state index contributed by atoms with van der Waals surface area (Å²) in [4.78, 5) is 43.5. The van der Waals surface area contributed by atoms with Crippen LogP contribution >= 0.6 is 35.3 Å². The fraction of sp³-hybridized carbons (Fsp3) is 0.528. The van der Waals surface area contributed by atoms with Crippen LogP contribution in [0.1, 0.15) is 167 Å². The number of halogens is 5. The number of benzene rings is 3. The summed E-state index contributed by atoms with van der Waals surface area (Å²) in [7, 11) is -8.03. The van der Waals surface area contributed by atoms with Gasteiger partial charge in [-0.25, -0.2) is 8.99 Å². The maximum absolute atomic E-state index is 15.5. The molecule has 0 saturated carbocycles. The van der Waals surface area contributed by atoms with Crippen LogP contribution in [-0.2, 0) is 56.4 Å². The molecule has 72 heavy (non-hydrogen) atoms. The molecule has 6 aliphatic rings. The Hall–Kier alpha value is -3.96. The summed E-state index contributed by atoms with van der Waals surface area (Å²) >= 11 is 7.26. The topological polar surface area (TPSA) is 132 Å². The molecule has 5 aliphatic heterocycles. The quantitative estimate of drug-likeness (QED) is 0.0640. The Bertz CT molecular complexity index is 2830. The Kier molecular flexibility index (Phi) is 14.0. The lowest BCUT2D eigenvalue weighted by atomic mass is 9.57. The largest absolute Gasteiger partial charge is 0.471 e. The maximum atomic E-state index is 15.5. The van der Waals surface area contributed by atoms with Crippen molar-refractivity contribution in [3.63, 3.8) is 0 Å². The summed E-state index contributed by atoms with van der Waals surface area (Å²) in [6, 6.07) is 7.43. The second kappa shape index (κ2) is 19.0. The number of anilines is 2. The van der Waals surface area contributed by atoms with Crippen molar-refractivity contribution in [3.05, 3.63) is 97.1 Å². The number of rotatable bonds is 16. The van der Waals surface area contributed by atoms with E-state index in [0.717, 1.165) is 83.3 Å². The van der Waals surface area contributed by atoms with Gasteiger partial charge in [0.1, 0.15) is 0 Å². The predicted octanol–water partition coefficient (Wildman–Crippen LogP) is 13.3. The van der Waals surface area contributed by atoms with Gasteiger partial charge in [-0.1, -0.05) is 44.0 Å². The molecule has 9 rings (SSSR count). The van der Waals surface area contributed by atoms with E-state index in [0.29, 0.717) is 12.0 Å². The molecule has 1 amide bonds. The summed E-state index contributed by atoms with van der Waals surface area (Å²) in [6.45, 7) is 18.8. The molecular formula is C53H61ClF4N3O8P3. The number of unbranched alkanes of at least 4 members (excludes halogenated alkanes) is 3. The van der Waals surface area contributed by atoms with Crippen molar-refractivity contribution in [1.82, 2.24) is 5.32 Å². The number of nitrogens with zero attached hydrogens (tertiary/aromatic N) is 2. The van der Waals surface area contributed by atoms with E-state index in [9.17, 15) is 36.3 Å². The zero-order chi connectivity index (χ0) is 52.1. The summed E-state index contributed by atoms with van der Waals surface area (Å²) in [6.07, 6.45) is 3.85. The lowest BCUT2D eigenvalue weighted by Gasteiger charge is -2.54. The number of alkyl halides is 3. The normalized spacial score (nSPS) is 20.5. The highest BCUT2D eigenvalue weighted by atomic mass is 35.5. The molecule has 5 heterocycles. The van der Waals surface area contributed by atoms with Crippen LogP contribution in [0, 0.1) is 0 Å². The number of hydrogen-bond acceptors (Lipinski definition) is 10. The zero-order valence-electron chi connectivity index (χ0n) is 42.0. The predicted molar refractivity (Wildman–Crippen MR) is 275 cm³/mol. The van der Waals surface area contributed by atoms with Crippen molar-refractivity contribution in [2.24, 2.45) is 0 Å². The molecule has 2 atom stereocenters. The summed E-state index contributed by atoms with van der Waals surface area (Å²) < 4.78 is 98.4. The standard InChI is InChI=1S/C53H61ClF4N3O8P3/c1-30-28-49(3,4)60-20-14-16-33-43-38(26-35(30)45(33)60)52(39-27-36-31(2)29-50(5,6)61-21-15-17-34(46(36)61)44(39)51(43,7)8)37-24-32(25-40(54)42(37)47(63)69-52)72(66,67-22-12-9-10-18-41(62)71(58)70-65)68-23-13-11-19-59-48(64)53(55,56)57/h24-29H,9-23H2,1-8H3,(H,59,64). The lowest BCUT2D eigenvalue weighted by molar-refractivity contribution is -0.173. The molecule has 1 spiro atoms. The fourth-order valence-electron chi connectivity index (χ4n) is 12.6.